The molecule has 0 bridgehead atoms. The van der Waals surface area contributed by atoms with Crippen molar-refractivity contribution in [3.63, 3.8) is 0 Å². The number of halogens is 2. The average Bonchev–Trinajstić information content (AvgIpc) is 3.44. The van der Waals surface area contributed by atoms with E-state index in [1.807, 2.05) is 19.2 Å². The lowest BCUT2D eigenvalue weighted by Crippen LogP contribution is -2.28. The molecule has 4 N–H and O–H groups in total. The van der Waals surface area contributed by atoms with E-state index in [0.29, 0.717) is 35.5 Å². The average molecular weight is 581 g/mol. The van der Waals surface area contributed by atoms with Crippen molar-refractivity contribution in [1.82, 2.24) is 25.2 Å². The first-order valence-electron chi connectivity index (χ1n) is 12.1. The van der Waals surface area contributed by atoms with Crippen LogP contribution in [0.2, 0.25) is 10.2 Å². The quantitative estimate of drug-likeness (QED) is 0.169. The van der Waals surface area contributed by atoms with Gasteiger partial charge in [0.15, 0.2) is 27.5 Å². The number of amides is 1. The Morgan fingerprint density at radius 1 is 1.11 bits per heavy atom. The maximum absolute atomic E-state index is 12.5. The van der Waals surface area contributed by atoms with E-state index in [9.17, 15) is 9.59 Å². The molecule has 1 aromatic carbocycles. The number of rotatable bonds is 16. The summed E-state index contributed by atoms with van der Waals surface area (Å²) in [5.41, 5.74) is 6.95. The highest BCUT2D eigenvalue weighted by atomic mass is 35.5. The lowest BCUT2D eigenvalue weighted by Gasteiger charge is -2.16. The molecule has 0 aliphatic heterocycles. The first kappa shape index (κ1) is 29.7. The number of carbonyl (C=O) groups is 2. The van der Waals surface area contributed by atoms with Crippen molar-refractivity contribution in [2.75, 3.05) is 50.9 Å². The topological polar surface area (TPSA) is 135 Å². The van der Waals surface area contributed by atoms with Crippen LogP contribution in [0.1, 0.15) is 45.1 Å². The minimum absolute atomic E-state index is 0.000750. The van der Waals surface area contributed by atoms with Gasteiger partial charge in [0.2, 0.25) is 5.78 Å². The Kier molecular flexibility index (Phi) is 12.2. The molecule has 0 fully saturated rings. The Labute approximate surface area is 235 Å². The summed E-state index contributed by atoms with van der Waals surface area (Å²) in [6.07, 6.45) is 4.12. The highest BCUT2D eigenvalue weighted by molar-refractivity contribution is 7.11. The molecule has 10 nitrogen and oxygen atoms in total. The number of ether oxygens (including phenoxy) is 1. The second-order valence-corrected chi connectivity index (χ2v) is 10.2. The number of aromatic nitrogens is 3. The van der Waals surface area contributed by atoms with Gasteiger partial charge < -0.3 is 26.0 Å². The number of nitrogens with two attached hydrogens (primary N) is 1. The lowest BCUT2D eigenvalue weighted by molar-refractivity contribution is 0.0742. The molecule has 0 radical (unpaired) electrons. The molecule has 0 saturated heterocycles. The molecule has 3 aromatic rings. The van der Waals surface area contributed by atoms with Crippen molar-refractivity contribution in [1.29, 1.82) is 0 Å². The van der Waals surface area contributed by atoms with Crippen molar-refractivity contribution < 1.29 is 14.3 Å². The second kappa shape index (κ2) is 15.6. The summed E-state index contributed by atoms with van der Waals surface area (Å²) in [4.78, 5) is 38.9. The zero-order chi connectivity index (χ0) is 27.3. The number of unbranched alkanes of at least 4 members (excludes halogenated alkanes) is 1. The molecule has 0 spiro atoms. The van der Waals surface area contributed by atoms with Gasteiger partial charge in [-0.05, 0) is 50.6 Å². The number of hydrogen-bond donors (Lipinski definition) is 3. The monoisotopic (exact) mass is 579 g/mol. The van der Waals surface area contributed by atoms with Gasteiger partial charge in [-0.2, -0.15) is 0 Å². The van der Waals surface area contributed by atoms with Crippen molar-refractivity contribution >= 4 is 57.9 Å². The van der Waals surface area contributed by atoms with Crippen LogP contribution in [-0.4, -0.2) is 71.4 Å². The number of ketones is 1. The molecule has 204 valence electrons. The predicted molar refractivity (Wildman–Crippen MR) is 151 cm³/mol. The third-order valence-electron chi connectivity index (χ3n) is 5.45. The van der Waals surface area contributed by atoms with E-state index in [0.717, 1.165) is 37.9 Å². The fourth-order valence-electron chi connectivity index (χ4n) is 3.42. The summed E-state index contributed by atoms with van der Waals surface area (Å²) in [5, 5.41) is 8.85. The van der Waals surface area contributed by atoms with E-state index in [1.165, 1.54) is 11.3 Å². The third kappa shape index (κ3) is 9.80. The van der Waals surface area contributed by atoms with Gasteiger partial charge in [-0.3, -0.25) is 9.59 Å². The van der Waals surface area contributed by atoms with Crippen LogP contribution in [0.25, 0.3) is 0 Å². The number of nitrogen functional groups attached to an aromatic ring is 1. The summed E-state index contributed by atoms with van der Waals surface area (Å²) < 4.78 is 5.45. The van der Waals surface area contributed by atoms with E-state index >= 15 is 0 Å². The van der Waals surface area contributed by atoms with E-state index in [4.69, 9.17) is 33.7 Å². The zero-order valence-electron chi connectivity index (χ0n) is 21.1. The summed E-state index contributed by atoms with van der Waals surface area (Å²) in [6, 6.07) is 7.34. The van der Waals surface area contributed by atoms with E-state index in [2.05, 4.69) is 30.5 Å². The molecule has 2 aromatic heterocycles. The number of carbonyl (C=O) groups excluding carboxylic acids is 2. The fourth-order valence-corrected chi connectivity index (χ4v) is 4.31. The molecule has 0 aliphatic rings. The fraction of sp³-hybridized carbons (Fsp3) is 0.400. The van der Waals surface area contributed by atoms with Gasteiger partial charge >= 0.3 is 0 Å². The lowest BCUT2D eigenvalue weighted by atomic mass is 10.2. The van der Waals surface area contributed by atoms with Crippen LogP contribution in [0.3, 0.4) is 0 Å². The van der Waals surface area contributed by atoms with Gasteiger partial charge in [-0.15, -0.1) is 11.3 Å². The first-order chi connectivity index (χ1) is 18.3. The van der Waals surface area contributed by atoms with Crippen LogP contribution in [0, 0.1) is 0 Å². The maximum Gasteiger partial charge on any atom is 0.273 e. The molecular weight excluding hydrogens is 549 g/mol. The summed E-state index contributed by atoms with van der Waals surface area (Å²) >= 11 is 13.4. The van der Waals surface area contributed by atoms with Gasteiger partial charge in [0.1, 0.15) is 6.61 Å². The molecular formula is C25H31Cl2N7O3S. The standard InChI is InChI=1S/C25H31Cl2N7O3S/c1-34(12-4-13-37-16-19(35)25-30-10-14-38-25)11-3-2-9-29-24(36)20-22(28)33-23(21(27)32-20)31-15-17-5-7-18(26)8-6-17/h5-8,10,14H,2-4,9,11-13,15-16H2,1H3,(H,29,36)(H3,28,31,33). The van der Waals surface area contributed by atoms with Crippen LogP contribution < -0.4 is 16.4 Å². The normalized spacial score (nSPS) is 11.1. The molecule has 0 atom stereocenters. The first-order valence-corrected chi connectivity index (χ1v) is 13.8. The molecule has 13 heteroatoms. The van der Waals surface area contributed by atoms with Crippen molar-refractivity contribution in [3.8, 4) is 0 Å². The van der Waals surface area contributed by atoms with Crippen molar-refractivity contribution in [2.45, 2.75) is 25.8 Å². The van der Waals surface area contributed by atoms with Crippen LogP contribution in [0.5, 0.6) is 0 Å². The third-order valence-corrected chi connectivity index (χ3v) is 6.78. The van der Waals surface area contributed by atoms with Crippen LogP contribution in [0.4, 0.5) is 11.6 Å². The number of nitrogens with one attached hydrogen (secondary N) is 2. The molecule has 1 amide bonds. The van der Waals surface area contributed by atoms with E-state index in [1.54, 1.807) is 23.7 Å². The molecule has 2 heterocycles. The largest absolute Gasteiger partial charge is 0.382 e. The Hall–Kier alpha value is -2.83. The second-order valence-electron chi connectivity index (χ2n) is 8.51. The van der Waals surface area contributed by atoms with E-state index in [-0.39, 0.29) is 29.1 Å². The van der Waals surface area contributed by atoms with Gasteiger partial charge in [0, 0.05) is 42.8 Å². The number of anilines is 2. The number of hydrogen-bond acceptors (Lipinski definition) is 10. The Bertz CT molecular complexity index is 1180. The molecule has 38 heavy (non-hydrogen) atoms. The van der Waals surface area contributed by atoms with Crippen LogP contribution >= 0.6 is 34.5 Å². The minimum Gasteiger partial charge on any atom is -0.382 e. The van der Waals surface area contributed by atoms with Crippen molar-refractivity contribution in [2.24, 2.45) is 0 Å². The highest BCUT2D eigenvalue weighted by Crippen LogP contribution is 2.21. The number of thiazole rings is 1. The molecule has 0 unspecified atom stereocenters. The number of nitrogens with zero attached hydrogens (tertiary/aromatic N) is 4. The summed E-state index contributed by atoms with van der Waals surface area (Å²) in [7, 11) is 2.03. The molecule has 0 saturated carbocycles. The van der Waals surface area contributed by atoms with Crippen LogP contribution in [-0.2, 0) is 11.3 Å². The van der Waals surface area contributed by atoms with Gasteiger partial charge in [0.25, 0.3) is 5.91 Å². The molecule has 3 rings (SSSR count). The Balaban J connectivity index is 1.29. The van der Waals surface area contributed by atoms with Crippen LogP contribution in [0.15, 0.2) is 35.8 Å². The Morgan fingerprint density at radius 2 is 1.87 bits per heavy atom. The highest BCUT2D eigenvalue weighted by Gasteiger charge is 2.17. The van der Waals surface area contributed by atoms with Gasteiger partial charge in [-0.25, -0.2) is 15.0 Å². The smallest absolute Gasteiger partial charge is 0.273 e. The van der Waals surface area contributed by atoms with Gasteiger partial charge in [0.05, 0.1) is 0 Å². The minimum atomic E-state index is -0.418. The Morgan fingerprint density at radius 3 is 2.61 bits per heavy atom. The van der Waals surface area contributed by atoms with Crippen molar-refractivity contribution in [3.05, 3.63) is 62.3 Å². The SMILES string of the molecule is CN(CCCCNC(=O)c1nc(Cl)c(NCc2ccc(Cl)cc2)nc1N)CCCOCC(=O)c1nccs1. The summed E-state index contributed by atoms with van der Waals surface area (Å²) in [5.74, 6) is -0.206. The van der Waals surface area contributed by atoms with E-state index < -0.39 is 5.91 Å². The summed E-state index contributed by atoms with van der Waals surface area (Å²) in [6.45, 7) is 3.21. The zero-order valence-corrected chi connectivity index (χ0v) is 23.4. The number of benzene rings is 1. The predicted octanol–water partition coefficient (Wildman–Crippen LogP) is 4.17. The van der Waals surface area contributed by atoms with Gasteiger partial charge in [-0.1, -0.05) is 35.3 Å². The maximum atomic E-state index is 12.5. The molecule has 0 aliphatic carbocycles. The number of Topliss-reactive ketones (excluding diaryl/α,β-unsaturated/α-hetero) is 1.